The summed E-state index contributed by atoms with van der Waals surface area (Å²) >= 11 is 9.75. The number of aryl methyl sites for hydroxylation is 1. The molecule has 0 saturated heterocycles. The van der Waals surface area contributed by atoms with E-state index in [1.807, 2.05) is 13.8 Å². The molecule has 0 saturated carbocycles. The van der Waals surface area contributed by atoms with E-state index in [0.29, 0.717) is 26.3 Å². The minimum atomic E-state index is -0.346. The van der Waals surface area contributed by atoms with Gasteiger partial charge in [0.05, 0.1) is 21.8 Å². The van der Waals surface area contributed by atoms with E-state index >= 15 is 0 Å². The van der Waals surface area contributed by atoms with Gasteiger partial charge in [0.2, 0.25) is 0 Å². The van der Waals surface area contributed by atoms with E-state index in [0.717, 1.165) is 16.0 Å². The second kappa shape index (κ2) is 4.97. The van der Waals surface area contributed by atoms with E-state index in [1.165, 1.54) is 0 Å². The third-order valence-corrected chi connectivity index (χ3v) is 4.97. The maximum absolute atomic E-state index is 12.5. The molecule has 5 heteroatoms. The molecule has 0 N–H and O–H groups in total. The molecule has 1 aliphatic heterocycles. The second-order valence-electron chi connectivity index (χ2n) is 4.95. The van der Waals surface area contributed by atoms with Crippen molar-refractivity contribution in [3.63, 3.8) is 0 Å². The first-order valence-electron chi connectivity index (χ1n) is 6.36. The van der Waals surface area contributed by atoms with Crippen LogP contribution in [0.15, 0.2) is 34.8 Å². The van der Waals surface area contributed by atoms with E-state index in [1.54, 1.807) is 30.3 Å². The van der Waals surface area contributed by atoms with E-state index in [2.05, 4.69) is 15.9 Å². The highest BCUT2D eigenvalue weighted by molar-refractivity contribution is 9.10. The molecule has 1 aliphatic rings. The topological polar surface area (TPSA) is 37.4 Å². The van der Waals surface area contributed by atoms with Crippen LogP contribution < -0.4 is 4.90 Å². The van der Waals surface area contributed by atoms with Gasteiger partial charge in [0, 0.05) is 4.47 Å². The monoisotopic (exact) mass is 363 g/mol. The van der Waals surface area contributed by atoms with E-state index in [9.17, 15) is 9.59 Å². The molecule has 2 aromatic carbocycles. The van der Waals surface area contributed by atoms with E-state index in [4.69, 9.17) is 11.6 Å². The van der Waals surface area contributed by atoms with Crippen molar-refractivity contribution >= 4 is 45.0 Å². The van der Waals surface area contributed by atoms with Gasteiger partial charge in [0.25, 0.3) is 11.8 Å². The van der Waals surface area contributed by atoms with Crippen LogP contribution in [0.25, 0.3) is 0 Å². The number of fused-ring (bicyclic) bond motifs is 1. The van der Waals surface area contributed by atoms with Crippen LogP contribution in [-0.2, 0) is 0 Å². The smallest absolute Gasteiger partial charge is 0.266 e. The highest BCUT2D eigenvalue weighted by atomic mass is 79.9. The highest BCUT2D eigenvalue weighted by Gasteiger charge is 2.38. The fraction of sp³-hybridized carbons (Fsp3) is 0.125. The van der Waals surface area contributed by atoms with Crippen LogP contribution >= 0.6 is 27.5 Å². The molecule has 0 unspecified atom stereocenters. The Bertz CT molecular complexity index is 766. The Morgan fingerprint density at radius 3 is 2.10 bits per heavy atom. The zero-order valence-electron chi connectivity index (χ0n) is 11.4. The zero-order valence-corrected chi connectivity index (χ0v) is 13.7. The van der Waals surface area contributed by atoms with Crippen molar-refractivity contribution < 1.29 is 9.59 Å². The maximum Gasteiger partial charge on any atom is 0.266 e. The van der Waals surface area contributed by atoms with Gasteiger partial charge < -0.3 is 0 Å². The van der Waals surface area contributed by atoms with Gasteiger partial charge in [-0.3, -0.25) is 9.59 Å². The first-order valence-corrected chi connectivity index (χ1v) is 7.53. The van der Waals surface area contributed by atoms with Gasteiger partial charge >= 0.3 is 0 Å². The van der Waals surface area contributed by atoms with Crippen LogP contribution in [0.4, 0.5) is 5.69 Å². The normalized spacial score (nSPS) is 13.8. The molecule has 0 spiro atoms. The largest absolute Gasteiger partial charge is 0.268 e. The quantitative estimate of drug-likeness (QED) is 0.698. The van der Waals surface area contributed by atoms with Gasteiger partial charge in [-0.2, -0.15) is 0 Å². The summed E-state index contributed by atoms with van der Waals surface area (Å²) in [7, 11) is 0. The molecule has 0 radical (unpaired) electrons. The summed E-state index contributed by atoms with van der Waals surface area (Å²) in [5.41, 5.74) is 3.16. The number of imide groups is 1. The van der Waals surface area contributed by atoms with Gasteiger partial charge in [0.1, 0.15) is 0 Å². The summed E-state index contributed by atoms with van der Waals surface area (Å²) in [6.45, 7) is 3.84. The number of anilines is 1. The molecular weight excluding hydrogens is 354 g/mol. The molecule has 0 aromatic heterocycles. The second-order valence-corrected chi connectivity index (χ2v) is 6.15. The first kappa shape index (κ1) is 14.3. The molecule has 2 aromatic rings. The molecule has 106 valence electrons. The third kappa shape index (κ3) is 2.01. The number of halogens is 2. The molecule has 2 amide bonds. The molecule has 0 fully saturated rings. The number of carbonyl (C=O) groups is 2. The van der Waals surface area contributed by atoms with Crippen LogP contribution in [0.3, 0.4) is 0 Å². The molecule has 21 heavy (non-hydrogen) atoms. The van der Waals surface area contributed by atoms with Crippen molar-refractivity contribution in [1.82, 2.24) is 0 Å². The lowest BCUT2D eigenvalue weighted by atomic mass is 10.1. The van der Waals surface area contributed by atoms with Crippen molar-refractivity contribution in [2.24, 2.45) is 0 Å². The number of nitrogens with zero attached hydrogens (tertiary/aromatic N) is 1. The predicted octanol–water partition coefficient (Wildman–Crippen LogP) is 4.52. The molecule has 3 nitrogen and oxygen atoms in total. The van der Waals surface area contributed by atoms with Gasteiger partial charge in [-0.05, 0) is 59.1 Å². The maximum atomic E-state index is 12.5. The first-order chi connectivity index (χ1) is 9.93. The standard InChI is InChI=1S/C16H11BrClNO2/c1-8-7-12(18)14(13(17)9(8)2)19-15(20)10-5-3-4-6-11(10)16(19)21/h3-7H,1-2H3. The predicted molar refractivity (Wildman–Crippen MR) is 86.2 cm³/mol. The van der Waals surface area contributed by atoms with Crippen LogP contribution in [-0.4, -0.2) is 11.8 Å². The lowest BCUT2D eigenvalue weighted by Gasteiger charge is -2.20. The summed E-state index contributed by atoms with van der Waals surface area (Å²) in [5.74, 6) is -0.692. The fourth-order valence-electron chi connectivity index (χ4n) is 2.42. The lowest BCUT2D eigenvalue weighted by molar-refractivity contribution is 0.0926. The number of hydrogen-bond acceptors (Lipinski definition) is 2. The average Bonchev–Trinajstić information content (AvgIpc) is 2.71. The summed E-state index contributed by atoms with van der Waals surface area (Å²) in [6, 6.07) is 8.55. The van der Waals surface area contributed by atoms with E-state index in [-0.39, 0.29) is 11.8 Å². The SMILES string of the molecule is Cc1cc(Cl)c(N2C(=O)c3ccccc3C2=O)c(Br)c1C. The summed E-state index contributed by atoms with van der Waals surface area (Å²) < 4.78 is 0.669. The van der Waals surface area contributed by atoms with Gasteiger partial charge in [-0.25, -0.2) is 4.90 Å². The van der Waals surface area contributed by atoms with Crippen LogP contribution in [0.5, 0.6) is 0 Å². The Morgan fingerprint density at radius 1 is 1.05 bits per heavy atom. The number of carbonyl (C=O) groups excluding carboxylic acids is 2. The van der Waals surface area contributed by atoms with Crippen molar-refractivity contribution in [2.75, 3.05) is 4.90 Å². The van der Waals surface area contributed by atoms with Crippen LogP contribution in [0.2, 0.25) is 5.02 Å². The average molecular weight is 365 g/mol. The Morgan fingerprint density at radius 2 is 1.57 bits per heavy atom. The van der Waals surface area contributed by atoms with Crippen molar-refractivity contribution in [3.8, 4) is 0 Å². The van der Waals surface area contributed by atoms with Crippen molar-refractivity contribution in [1.29, 1.82) is 0 Å². The molecular formula is C16H11BrClNO2. The number of rotatable bonds is 1. The minimum Gasteiger partial charge on any atom is -0.268 e. The Hall–Kier alpha value is -1.65. The highest BCUT2D eigenvalue weighted by Crippen LogP contribution is 2.41. The molecule has 0 aliphatic carbocycles. The zero-order chi connectivity index (χ0) is 15.3. The van der Waals surface area contributed by atoms with Crippen LogP contribution in [0.1, 0.15) is 31.8 Å². The van der Waals surface area contributed by atoms with Crippen LogP contribution in [0, 0.1) is 13.8 Å². The van der Waals surface area contributed by atoms with Crippen molar-refractivity contribution in [2.45, 2.75) is 13.8 Å². The molecule has 1 heterocycles. The Balaban J connectivity index is 2.23. The van der Waals surface area contributed by atoms with Crippen molar-refractivity contribution in [3.05, 3.63) is 62.1 Å². The fourth-order valence-corrected chi connectivity index (χ4v) is 3.58. The van der Waals surface area contributed by atoms with Gasteiger partial charge in [-0.15, -0.1) is 0 Å². The Labute approximate surface area is 135 Å². The summed E-state index contributed by atoms with van der Waals surface area (Å²) in [4.78, 5) is 26.2. The lowest BCUT2D eigenvalue weighted by Crippen LogP contribution is -2.30. The summed E-state index contributed by atoms with van der Waals surface area (Å²) in [5, 5.41) is 0.375. The van der Waals surface area contributed by atoms with Gasteiger partial charge in [0.15, 0.2) is 0 Å². The third-order valence-electron chi connectivity index (χ3n) is 3.72. The van der Waals surface area contributed by atoms with E-state index < -0.39 is 0 Å². The molecule has 0 atom stereocenters. The number of amides is 2. The number of hydrogen-bond donors (Lipinski definition) is 0. The Kier molecular flexibility index (Phi) is 3.38. The number of benzene rings is 2. The van der Waals surface area contributed by atoms with Gasteiger partial charge in [-0.1, -0.05) is 23.7 Å². The minimum absolute atomic E-state index is 0.346. The molecule has 3 rings (SSSR count). The summed E-state index contributed by atoms with van der Waals surface area (Å²) in [6.07, 6.45) is 0. The molecule has 0 bridgehead atoms.